The molecule has 4 rings (SSSR count). The molecule has 0 N–H and O–H groups in total. The number of nitrogens with zero attached hydrogens (tertiary/aromatic N) is 1. The number of carbonyl (C=O) groups excluding carboxylic acids is 2. The van der Waals surface area contributed by atoms with Gasteiger partial charge < -0.3 is 14.4 Å². The lowest BCUT2D eigenvalue weighted by atomic mass is 9.60. The Balaban J connectivity index is 2.09. The summed E-state index contributed by atoms with van der Waals surface area (Å²) in [7, 11) is 1.72. The summed E-state index contributed by atoms with van der Waals surface area (Å²) in [5.41, 5.74) is 0.177. The average molecular weight is 420 g/mol. The second-order valence-electron chi connectivity index (χ2n) is 9.55. The van der Waals surface area contributed by atoms with Crippen LogP contribution in [-0.4, -0.2) is 31.1 Å². The quantitative estimate of drug-likeness (QED) is 0.534. The van der Waals surface area contributed by atoms with E-state index in [4.69, 9.17) is 9.47 Å². The first-order valence-corrected chi connectivity index (χ1v) is 10.5. The number of aryl methyl sites for hydroxylation is 1. The molecule has 1 saturated heterocycles. The molecular formula is C26H29NO4. The van der Waals surface area contributed by atoms with Crippen molar-refractivity contribution in [3.05, 3.63) is 77.4 Å². The number of hydrogen-bond donors (Lipinski definition) is 0. The molecule has 2 aromatic carbocycles. The molecule has 0 bridgehead atoms. The van der Waals surface area contributed by atoms with Crippen molar-refractivity contribution < 1.29 is 19.1 Å². The maximum absolute atomic E-state index is 14.1. The highest BCUT2D eigenvalue weighted by Crippen LogP contribution is 2.58. The van der Waals surface area contributed by atoms with E-state index in [1.54, 1.807) is 11.9 Å². The Morgan fingerprint density at radius 2 is 1.87 bits per heavy atom. The zero-order valence-electron chi connectivity index (χ0n) is 18.8. The Morgan fingerprint density at radius 3 is 2.55 bits per heavy atom. The van der Waals surface area contributed by atoms with Crippen LogP contribution in [0.25, 0.3) is 0 Å². The van der Waals surface area contributed by atoms with Gasteiger partial charge in [-0.05, 0) is 45.7 Å². The minimum atomic E-state index is -1.53. The summed E-state index contributed by atoms with van der Waals surface area (Å²) < 4.78 is 12.4. The molecule has 0 saturated carbocycles. The largest absolute Gasteiger partial charge is 0.459 e. The van der Waals surface area contributed by atoms with Crippen LogP contribution in [0.3, 0.4) is 0 Å². The number of rotatable bonds is 2. The first-order chi connectivity index (χ1) is 14.5. The molecular weight excluding hydrogens is 390 g/mol. The van der Waals surface area contributed by atoms with Crippen LogP contribution >= 0.6 is 0 Å². The standard InChI is InChI=1S/C26H29NO4/c1-17-10-9-11-19(14-17)25(23(29)31-24(3,4)5)15-18(2)16-30-26(25)20-12-7-8-13-21(20)27(6)22(26)28/h7-14H,2,15-16H2,1,3-6H3/t25-,26-/m0/s1. The average Bonchev–Trinajstić information content (AvgIpc) is 2.91. The molecule has 1 amide bonds. The molecule has 2 aliphatic heterocycles. The molecule has 31 heavy (non-hydrogen) atoms. The minimum absolute atomic E-state index is 0.199. The Labute approximate surface area is 183 Å². The third kappa shape index (κ3) is 3.02. The lowest BCUT2D eigenvalue weighted by molar-refractivity contribution is -0.191. The van der Waals surface area contributed by atoms with E-state index in [1.807, 2.05) is 76.2 Å². The first kappa shape index (κ1) is 21.3. The van der Waals surface area contributed by atoms with E-state index >= 15 is 0 Å². The SMILES string of the molecule is C=C1CO[C@@]2(C(=O)N(C)c3ccccc32)[C@](C(=O)OC(C)(C)C)(c2cccc(C)c2)C1. The van der Waals surface area contributed by atoms with E-state index in [9.17, 15) is 9.59 Å². The van der Waals surface area contributed by atoms with Gasteiger partial charge in [0.1, 0.15) is 11.0 Å². The molecule has 0 unspecified atom stereocenters. The molecule has 5 heteroatoms. The Hall–Kier alpha value is -2.92. The van der Waals surface area contributed by atoms with Gasteiger partial charge in [-0.3, -0.25) is 9.59 Å². The fraction of sp³-hybridized carbons (Fsp3) is 0.385. The van der Waals surface area contributed by atoms with Crippen molar-refractivity contribution in [1.29, 1.82) is 0 Å². The molecule has 5 nitrogen and oxygen atoms in total. The predicted octanol–water partition coefficient (Wildman–Crippen LogP) is 4.42. The van der Waals surface area contributed by atoms with Crippen molar-refractivity contribution in [2.45, 2.75) is 50.7 Å². The normalized spacial score (nSPS) is 25.6. The van der Waals surface area contributed by atoms with Crippen molar-refractivity contribution in [1.82, 2.24) is 0 Å². The second kappa shape index (κ2) is 7.06. The molecule has 0 aliphatic carbocycles. The van der Waals surface area contributed by atoms with E-state index in [1.165, 1.54) is 0 Å². The van der Waals surface area contributed by atoms with E-state index in [2.05, 4.69) is 6.58 Å². The van der Waals surface area contributed by atoms with Gasteiger partial charge in [-0.1, -0.05) is 60.2 Å². The fourth-order valence-electron chi connectivity index (χ4n) is 4.88. The number of hydrogen-bond acceptors (Lipinski definition) is 4. The summed E-state index contributed by atoms with van der Waals surface area (Å²) in [6.45, 7) is 11.8. The summed E-state index contributed by atoms with van der Waals surface area (Å²) in [6, 6.07) is 15.2. The maximum atomic E-state index is 14.1. The molecule has 2 atom stereocenters. The third-order valence-electron chi connectivity index (χ3n) is 6.12. The Kier molecular flexibility index (Phi) is 4.85. The van der Waals surface area contributed by atoms with Crippen LogP contribution in [0.1, 0.15) is 43.9 Å². The van der Waals surface area contributed by atoms with Crippen LogP contribution < -0.4 is 4.90 Å². The van der Waals surface area contributed by atoms with Crippen LogP contribution in [0.5, 0.6) is 0 Å². The highest BCUT2D eigenvalue weighted by molar-refractivity contribution is 6.11. The number of likely N-dealkylation sites (N-methyl/N-ethyl adjacent to an activating group) is 1. The number of amides is 1. The number of anilines is 1. The van der Waals surface area contributed by atoms with Gasteiger partial charge in [0.25, 0.3) is 5.91 Å². The van der Waals surface area contributed by atoms with Crippen molar-refractivity contribution in [2.24, 2.45) is 0 Å². The molecule has 162 valence electrons. The summed E-state index contributed by atoms with van der Waals surface area (Å²) in [6.07, 6.45) is 0.263. The maximum Gasteiger partial charge on any atom is 0.321 e. The smallest absolute Gasteiger partial charge is 0.321 e. The highest BCUT2D eigenvalue weighted by Gasteiger charge is 2.70. The van der Waals surface area contributed by atoms with Crippen LogP contribution in [0.15, 0.2) is 60.7 Å². The van der Waals surface area contributed by atoms with Crippen molar-refractivity contribution in [3.8, 4) is 0 Å². The number of esters is 1. The van der Waals surface area contributed by atoms with Gasteiger partial charge in [0.15, 0.2) is 5.60 Å². The molecule has 1 spiro atoms. The molecule has 1 fully saturated rings. The van der Waals surface area contributed by atoms with Gasteiger partial charge in [-0.25, -0.2) is 0 Å². The van der Waals surface area contributed by atoms with Crippen molar-refractivity contribution >= 4 is 17.6 Å². The molecule has 2 aliphatic rings. The van der Waals surface area contributed by atoms with Crippen molar-refractivity contribution in [2.75, 3.05) is 18.6 Å². The predicted molar refractivity (Wildman–Crippen MR) is 120 cm³/mol. The van der Waals surface area contributed by atoms with Crippen LogP contribution in [0, 0.1) is 6.92 Å². The van der Waals surface area contributed by atoms with Gasteiger partial charge >= 0.3 is 5.97 Å². The number of ether oxygens (including phenoxy) is 2. The topological polar surface area (TPSA) is 55.8 Å². The highest BCUT2D eigenvalue weighted by atomic mass is 16.6. The summed E-state index contributed by atoms with van der Waals surface area (Å²) >= 11 is 0. The lowest BCUT2D eigenvalue weighted by Gasteiger charge is -2.49. The summed E-state index contributed by atoms with van der Waals surface area (Å²) in [5.74, 6) is -0.751. The number of fused-ring (bicyclic) bond motifs is 2. The van der Waals surface area contributed by atoms with Gasteiger partial charge in [0.2, 0.25) is 0 Å². The second-order valence-corrected chi connectivity index (χ2v) is 9.55. The molecule has 2 aromatic rings. The van der Waals surface area contributed by atoms with E-state index < -0.39 is 22.6 Å². The number of benzene rings is 2. The Morgan fingerprint density at radius 1 is 1.16 bits per heavy atom. The Bertz CT molecular complexity index is 1080. The zero-order chi connectivity index (χ0) is 22.6. The molecule has 0 radical (unpaired) electrons. The van der Waals surface area contributed by atoms with Crippen molar-refractivity contribution in [3.63, 3.8) is 0 Å². The van der Waals surface area contributed by atoms with Gasteiger partial charge in [0, 0.05) is 12.6 Å². The van der Waals surface area contributed by atoms with Gasteiger partial charge in [0.05, 0.1) is 12.3 Å². The fourth-order valence-corrected chi connectivity index (χ4v) is 4.88. The molecule has 2 heterocycles. The molecule has 0 aromatic heterocycles. The monoisotopic (exact) mass is 419 g/mol. The van der Waals surface area contributed by atoms with Gasteiger partial charge in [-0.2, -0.15) is 0 Å². The van der Waals surface area contributed by atoms with Crippen LogP contribution in [0.4, 0.5) is 5.69 Å². The minimum Gasteiger partial charge on any atom is -0.459 e. The third-order valence-corrected chi connectivity index (χ3v) is 6.12. The zero-order valence-corrected chi connectivity index (χ0v) is 18.8. The lowest BCUT2D eigenvalue weighted by Crippen LogP contribution is -2.64. The van der Waals surface area contributed by atoms with E-state index in [0.29, 0.717) is 11.1 Å². The number of para-hydroxylation sites is 1. The summed E-state index contributed by atoms with van der Waals surface area (Å²) in [4.78, 5) is 29.6. The van der Waals surface area contributed by atoms with Crippen LogP contribution in [-0.2, 0) is 30.1 Å². The summed E-state index contributed by atoms with van der Waals surface area (Å²) in [5, 5.41) is 0. The van der Waals surface area contributed by atoms with E-state index in [0.717, 1.165) is 16.8 Å². The number of carbonyl (C=O) groups is 2. The first-order valence-electron chi connectivity index (χ1n) is 10.5. The van der Waals surface area contributed by atoms with E-state index in [-0.39, 0.29) is 18.9 Å². The van der Waals surface area contributed by atoms with Crippen LogP contribution in [0.2, 0.25) is 0 Å². The van der Waals surface area contributed by atoms with Gasteiger partial charge in [-0.15, -0.1) is 0 Å².